The van der Waals surface area contributed by atoms with Crippen molar-refractivity contribution in [3.63, 3.8) is 0 Å². The van der Waals surface area contributed by atoms with E-state index < -0.39 is 0 Å². The summed E-state index contributed by atoms with van der Waals surface area (Å²) in [5.74, 6) is 0.516. The Morgan fingerprint density at radius 2 is 1.93 bits per heavy atom. The zero-order valence-corrected chi connectivity index (χ0v) is 16.6. The van der Waals surface area contributed by atoms with Crippen molar-refractivity contribution in [3.8, 4) is 29.0 Å². The number of anilines is 1. The Balaban J connectivity index is 1.58. The molecule has 1 N–H and O–H groups in total. The molecule has 6 nitrogen and oxygen atoms in total. The fourth-order valence-electron chi connectivity index (χ4n) is 3.72. The molecule has 0 atom stereocenters. The Morgan fingerprint density at radius 3 is 2.70 bits per heavy atom. The van der Waals surface area contributed by atoms with Crippen LogP contribution in [-0.4, -0.2) is 24.6 Å². The smallest absolute Gasteiger partial charge is 0.262 e. The quantitative estimate of drug-likeness (QED) is 0.674. The second-order valence-corrected chi connectivity index (χ2v) is 7.00. The summed E-state index contributed by atoms with van der Waals surface area (Å²) in [7, 11) is 1.57. The van der Waals surface area contributed by atoms with Gasteiger partial charge in [0.05, 0.1) is 12.8 Å². The van der Waals surface area contributed by atoms with E-state index in [1.165, 1.54) is 0 Å². The maximum absolute atomic E-state index is 12.4. The maximum Gasteiger partial charge on any atom is 0.262 e. The molecule has 0 saturated heterocycles. The topological polar surface area (TPSA) is 84.2 Å². The number of nitrogens with zero attached hydrogens (tertiary/aromatic N) is 2. The van der Waals surface area contributed by atoms with Crippen LogP contribution < -0.4 is 14.8 Å². The van der Waals surface area contributed by atoms with E-state index in [0.717, 1.165) is 41.6 Å². The van der Waals surface area contributed by atoms with Gasteiger partial charge in [0.1, 0.15) is 17.4 Å². The first-order chi connectivity index (χ1) is 14.7. The molecule has 6 heteroatoms. The van der Waals surface area contributed by atoms with Crippen LogP contribution in [0.3, 0.4) is 0 Å². The number of fused-ring (bicyclic) bond motifs is 1. The average molecular weight is 399 g/mol. The number of carbonyl (C=O) groups is 1. The summed E-state index contributed by atoms with van der Waals surface area (Å²) < 4.78 is 10.9. The first kappa shape index (κ1) is 19.5. The SMILES string of the molecule is COc1cccc(NC(=O)COc2nc(-c3ccccc3)c3c(c2C#N)CCC3)c1. The third kappa shape index (κ3) is 3.96. The van der Waals surface area contributed by atoms with Gasteiger partial charge in [0.2, 0.25) is 5.88 Å². The minimum atomic E-state index is -0.337. The third-order valence-electron chi connectivity index (χ3n) is 5.09. The van der Waals surface area contributed by atoms with Crippen molar-refractivity contribution in [2.24, 2.45) is 0 Å². The summed E-state index contributed by atoms with van der Waals surface area (Å²) in [5.41, 5.74) is 4.92. The molecule has 1 aliphatic rings. The lowest BCUT2D eigenvalue weighted by Gasteiger charge is -2.14. The van der Waals surface area contributed by atoms with E-state index in [1.807, 2.05) is 30.3 Å². The number of nitriles is 1. The zero-order chi connectivity index (χ0) is 20.9. The molecule has 30 heavy (non-hydrogen) atoms. The van der Waals surface area contributed by atoms with Gasteiger partial charge in [0.15, 0.2) is 6.61 Å². The van der Waals surface area contributed by atoms with Crippen LogP contribution in [-0.2, 0) is 17.6 Å². The summed E-state index contributed by atoms with van der Waals surface area (Å²) in [6.45, 7) is -0.244. The summed E-state index contributed by atoms with van der Waals surface area (Å²) >= 11 is 0. The van der Waals surface area contributed by atoms with Gasteiger partial charge < -0.3 is 14.8 Å². The fraction of sp³-hybridized carbons (Fsp3) is 0.208. The number of carbonyl (C=O) groups excluding carboxylic acids is 1. The molecule has 3 aromatic rings. The number of hydrogen-bond acceptors (Lipinski definition) is 5. The maximum atomic E-state index is 12.4. The van der Waals surface area contributed by atoms with Crippen molar-refractivity contribution in [3.05, 3.63) is 71.3 Å². The van der Waals surface area contributed by atoms with Gasteiger partial charge in [0.25, 0.3) is 5.91 Å². The molecule has 1 heterocycles. The van der Waals surface area contributed by atoms with E-state index in [-0.39, 0.29) is 18.4 Å². The van der Waals surface area contributed by atoms with Crippen LogP contribution in [0.25, 0.3) is 11.3 Å². The molecule has 150 valence electrons. The number of methoxy groups -OCH3 is 1. The number of rotatable bonds is 6. The van der Waals surface area contributed by atoms with E-state index in [4.69, 9.17) is 9.47 Å². The highest BCUT2D eigenvalue weighted by Crippen LogP contribution is 2.36. The first-order valence-electron chi connectivity index (χ1n) is 9.77. The van der Waals surface area contributed by atoms with Gasteiger partial charge in [-0.3, -0.25) is 4.79 Å². The summed E-state index contributed by atoms with van der Waals surface area (Å²) in [6, 6.07) is 19.2. The molecule has 0 fully saturated rings. The van der Waals surface area contributed by atoms with Gasteiger partial charge in [-0.05, 0) is 42.5 Å². The van der Waals surface area contributed by atoms with Crippen molar-refractivity contribution in [2.45, 2.75) is 19.3 Å². The number of hydrogen-bond donors (Lipinski definition) is 1. The van der Waals surface area contributed by atoms with Crippen LogP contribution >= 0.6 is 0 Å². The molecule has 2 aromatic carbocycles. The number of amides is 1. The second-order valence-electron chi connectivity index (χ2n) is 7.00. The fourth-order valence-corrected chi connectivity index (χ4v) is 3.72. The molecule has 0 bridgehead atoms. The van der Waals surface area contributed by atoms with Crippen molar-refractivity contribution in [2.75, 3.05) is 19.0 Å². The van der Waals surface area contributed by atoms with E-state index >= 15 is 0 Å². The standard InChI is InChI=1S/C24H21N3O3/c1-29-18-10-5-9-17(13-18)26-22(28)15-30-24-21(14-25)19-11-6-12-20(19)23(27-24)16-7-3-2-4-8-16/h2-5,7-10,13H,6,11-12,15H2,1H3,(H,26,28). The summed E-state index contributed by atoms with van der Waals surface area (Å²) in [5, 5.41) is 12.5. The normalized spacial score (nSPS) is 12.0. The molecular weight excluding hydrogens is 378 g/mol. The number of nitrogens with one attached hydrogen (secondary N) is 1. The highest BCUT2D eigenvalue weighted by atomic mass is 16.5. The van der Waals surface area contributed by atoms with Crippen LogP contribution in [0, 0.1) is 11.3 Å². The highest BCUT2D eigenvalue weighted by molar-refractivity contribution is 5.92. The third-order valence-corrected chi connectivity index (χ3v) is 5.09. The van der Waals surface area contributed by atoms with Gasteiger partial charge in [-0.15, -0.1) is 0 Å². The van der Waals surface area contributed by atoms with Crippen LogP contribution in [0.15, 0.2) is 54.6 Å². The molecule has 0 aliphatic heterocycles. The molecule has 0 spiro atoms. The van der Waals surface area contributed by atoms with E-state index in [1.54, 1.807) is 31.4 Å². The van der Waals surface area contributed by atoms with Crippen molar-refractivity contribution in [1.29, 1.82) is 5.26 Å². The summed E-state index contributed by atoms with van der Waals surface area (Å²) in [4.78, 5) is 17.0. The Labute approximate surface area is 175 Å². The van der Waals surface area contributed by atoms with Gasteiger partial charge in [-0.25, -0.2) is 4.98 Å². The van der Waals surface area contributed by atoms with Crippen molar-refractivity contribution >= 4 is 11.6 Å². The minimum absolute atomic E-state index is 0.206. The molecular formula is C24H21N3O3. The molecule has 1 amide bonds. The van der Waals surface area contributed by atoms with E-state index in [2.05, 4.69) is 16.4 Å². The molecule has 1 aliphatic carbocycles. The molecule has 0 unspecified atom stereocenters. The second kappa shape index (κ2) is 8.66. The van der Waals surface area contributed by atoms with Gasteiger partial charge in [-0.1, -0.05) is 36.4 Å². The average Bonchev–Trinajstić information content (AvgIpc) is 3.27. The number of pyridine rings is 1. The Hall–Kier alpha value is -3.85. The van der Waals surface area contributed by atoms with E-state index in [0.29, 0.717) is 17.0 Å². The van der Waals surface area contributed by atoms with Gasteiger partial charge >= 0.3 is 0 Å². The Bertz CT molecular complexity index is 1120. The van der Waals surface area contributed by atoms with Gasteiger partial charge in [-0.2, -0.15) is 5.26 Å². The lowest BCUT2D eigenvalue weighted by Crippen LogP contribution is -2.21. The van der Waals surface area contributed by atoms with E-state index in [9.17, 15) is 10.1 Å². The number of ether oxygens (including phenoxy) is 2. The number of aromatic nitrogens is 1. The zero-order valence-electron chi connectivity index (χ0n) is 16.6. The highest BCUT2D eigenvalue weighted by Gasteiger charge is 2.25. The van der Waals surface area contributed by atoms with Crippen LogP contribution in [0.4, 0.5) is 5.69 Å². The monoisotopic (exact) mass is 399 g/mol. The number of benzene rings is 2. The van der Waals surface area contributed by atoms with Crippen LogP contribution in [0.5, 0.6) is 11.6 Å². The predicted octanol–water partition coefficient (Wildman–Crippen LogP) is 4.14. The molecule has 0 saturated carbocycles. The van der Waals surface area contributed by atoms with Crippen molar-refractivity contribution < 1.29 is 14.3 Å². The largest absolute Gasteiger partial charge is 0.497 e. The molecule has 4 rings (SSSR count). The summed E-state index contributed by atoms with van der Waals surface area (Å²) in [6.07, 6.45) is 2.68. The lowest BCUT2D eigenvalue weighted by atomic mass is 9.99. The van der Waals surface area contributed by atoms with Crippen LogP contribution in [0.2, 0.25) is 0 Å². The Morgan fingerprint density at radius 1 is 1.13 bits per heavy atom. The lowest BCUT2D eigenvalue weighted by molar-refractivity contribution is -0.118. The minimum Gasteiger partial charge on any atom is -0.497 e. The van der Waals surface area contributed by atoms with Gasteiger partial charge in [0, 0.05) is 17.3 Å². The first-order valence-corrected chi connectivity index (χ1v) is 9.77. The Kier molecular flexibility index (Phi) is 5.62. The predicted molar refractivity (Wildman–Crippen MR) is 114 cm³/mol. The molecule has 0 radical (unpaired) electrons. The van der Waals surface area contributed by atoms with Crippen molar-refractivity contribution in [1.82, 2.24) is 4.98 Å². The van der Waals surface area contributed by atoms with Crippen LogP contribution in [0.1, 0.15) is 23.1 Å². The molecule has 1 aromatic heterocycles.